The van der Waals surface area contributed by atoms with Crippen molar-refractivity contribution in [3.63, 3.8) is 0 Å². The molecule has 1 fully saturated rings. The molecule has 0 bridgehead atoms. The Hall–Kier alpha value is -2.95. The molecular formula is C21H34N6O5. The lowest BCUT2D eigenvalue weighted by atomic mass is 10.0. The second-order valence-electron chi connectivity index (χ2n) is 8.87. The van der Waals surface area contributed by atoms with Crippen LogP contribution in [-0.4, -0.2) is 74.4 Å². The molecule has 3 amide bonds. The van der Waals surface area contributed by atoms with E-state index in [2.05, 4.69) is 20.6 Å². The first-order chi connectivity index (χ1) is 15.0. The number of imidazole rings is 1. The molecule has 0 radical (unpaired) electrons. The molecule has 4 unspecified atom stereocenters. The first-order valence-corrected chi connectivity index (χ1v) is 10.9. The van der Waals surface area contributed by atoms with Gasteiger partial charge in [-0.15, -0.1) is 0 Å². The summed E-state index contributed by atoms with van der Waals surface area (Å²) in [5.41, 5.74) is 6.59. The van der Waals surface area contributed by atoms with E-state index in [-0.39, 0.29) is 18.3 Å². The minimum atomic E-state index is -1.13. The summed E-state index contributed by atoms with van der Waals surface area (Å²) < 4.78 is 0. The molecule has 1 aromatic rings. The van der Waals surface area contributed by atoms with Crippen LogP contribution < -0.4 is 16.4 Å². The van der Waals surface area contributed by atoms with Gasteiger partial charge in [0.05, 0.1) is 12.4 Å². The van der Waals surface area contributed by atoms with E-state index in [9.17, 15) is 24.3 Å². The van der Waals surface area contributed by atoms with Gasteiger partial charge in [0.2, 0.25) is 17.7 Å². The summed E-state index contributed by atoms with van der Waals surface area (Å²) in [4.78, 5) is 58.6. The SMILES string of the molecule is CC(C)C(N)C(=O)NC(Cc1cnc[nH]1)C(=O)N1CCCC1C(=O)NC(C(=O)O)C(C)C. The van der Waals surface area contributed by atoms with Crippen molar-refractivity contribution in [2.45, 2.75) is 71.1 Å². The second-order valence-corrected chi connectivity index (χ2v) is 8.87. The Morgan fingerprint density at radius 3 is 2.44 bits per heavy atom. The van der Waals surface area contributed by atoms with Crippen molar-refractivity contribution in [2.24, 2.45) is 17.6 Å². The van der Waals surface area contributed by atoms with Gasteiger partial charge >= 0.3 is 5.97 Å². The molecule has 1 aromatic heterocycles. The molecule has 2 rings (SSSR count). The Morgan fingerprint density at radius 2 is 1.91 bits per heavy atom. The summed E-state index contributed by atoms with van der Waals surface area (Å²) in [6.45, 7) is 7.35. The minimum Gasteiger partial charge on any atom is -0.480 e. The number of aromatic amines is 1. The molecule has 1 saturated heterocycles. The first kappa shape index (κ1) is 25.3. The van der Waals surface area contributed by atoms with Crippen LogP contribution in [0.15, 0.2) is 12.5 Å². The smallest absolute Gasteiger partial charge is 0.326 e. The fraction of sp³-hybridized carbons (Fsp3) is 0.667. The number of nitrogens with one attached hydrogen (secondary N) is 3. The largest absolute Gasteiger partial charge is 0.480 e. The molecule has 0 spiro atoms. The molecule has 0 aliphatic carbocycles. The van der Waals surface area contributed by atoms with Crippen molar-refractivity contribution in [3.05, 3.63) is 18.2 Å². The van der Waals surface area contributed by atoms with Gasteiger partial charge in [0.25, 0.3) is 0 Å². The Balaban J connectivity index is 2.19. The van der Waals surface area contributed by atoms with E-state index in [1.165, 1.54) is 11.2 Å². The summed E-state index contributed by atoms with van der Waals surface area (Å²) in [7, 11) is 0. The number of amides is 3. The van der Waals surface area contributed by atoms with Crippen LogP contribution in [0.2, 0.25) is 0 Å². The summed E-state index contributed by atoms with van der Waals surface area (Å²) in [5.74, 6) is -2.94. The maximum atomic E-state index is 13.4. The lowest BCUT2D eigenvalue weighted by Gasteiger charge is -2.30. The maximum Gasteiger partial charge on any atom is 0.326 e. The zero-order chi connectivity index (χ0) is 24.0. The topological polar surface area (TPSA) is 171 Å². The number of H-pyrrole nitrogens is 1. The van der Waals surface area contributed by atoms with Gasteiger partial charge < -0.3 is 31.4 Å². The molecule has 4 atom stereocenters. The molecule has 11 heteroatoms. The second kappa shape index (κ2) is 11.1. The summed E-state index contributed by atoms with van der Waals surface area (Å²) in [6.07, 6.45) is 4.20. The van der Waals surface area contributed by atoms with Gasteiger partial charge in [-0.3, -0.25) is 14.4 Å². The predicted octanol–water partition coefficient (Wildman–Crippen LogP) is -0.363. The average Bonchev–Trinajstić information content (AvgIpc) is 3.41. The third kappa shape index (κ3) is 6.28. The monoisotopic (exact) mass is 450 g/mol. The van der Waals surface area contributed by atoms with E-state index < -0.39 is 47.9 Å². The van der Waals surface area contributed by atoms with Crippen molar-refractivity contribution in [1.82, 2.24) is 25.5 Å². The van der Waals surface area contributed by atoms with Gasteiger partial charge in [-0.05, 0) is 24.7 Å². The summed E-state index contributed by atoms with van der Waals surface area (Å²) >= 11 is 0. The van der Waals surface area contributed by atoms with Gasteiger partial charge in [0.15, 0.2) is 0 Å². The van der Waals surface area contributed by atoms with Gasteiger partial charge in [-0.25, -0.2) is 9.78 Å². The maximum absolute atomic E-state index is 13.4. The lowest BCUT2D eigenvalue weighted by Crippen LogP contribution is -2.58. The van der Waals surface area contributed by atoms with Crippen LogP contribution in [0.4, 0.5) is 0 Å². The van der Waals surface area contributed by atoms with Crippen molar-refractivity contribution in [1.29, 1.82) is 0 Å². The molecule has 1 aliphatic heterocycles. The van der Waals surface area contributed by atoms with Crippen LogP contribution >= 0.6 is 0 Å². The van der Waals surface area contributed by atoms with E-state index in [4.69, 9.17) is 5.73 Å². The number of hydrogen-bond acceptors (Lipinski definition) is 6. The molecule has 2 heterocycles. The summed E-state index contributed by atoms with van der Waals surface area (Å²) in [5, 5.41) is 14.6. The number of rotatable bonds is 10. The van der Waals surface area contributed by atoms with E-state index in [1.54, 1.807) is 20.0 Å². The zero-order valence-electron chi connectivity index (χ0n) is 19.0. The first-order valence-electron chi connectivity index (χ1n) is 10.9. The van der Waals surface area contributed by atoms with Gasteiger partial charge in [0.1, 0.15) is 18.1 Å². The number of nitrogens with zero attached hydrogens (tertiary/aromatic N) is 2. The van der Waals surface area contributed by atoms with E-state index >= 15 is 0 Å². The van der Waals surface area contributed by atoms with Crippen molar-refractivity contribution in [3.8, 4) is 0 Å². The fourth-order valence-electron chi connectivity index (χ4n) is 3.65. The predicted molar refractivity (Wildman–Crippen MR) is 116 cm³/mol. The zero-order valence-corrected chi connectivity index (χ0v) is 19.0. The normalized spacial score (nSPS) is 19.0. The highest BCUT2D eigenvalue weighted by atomic mass is 16.4. The Morgan fingerprint density at radius 1 is 1.22 bits per heavy atom. The van der Waals surface area contributed by atoms with Gasteiger partial charge in [0, 0.05) is 24.9 Å². The Bertz CT molecular complexity index is 810. The highest BCUT2D eigenvalue weighted by Gasteiger charge is 2.39. The Labute approximate surface area is 187 Å². The number of carboxylic acid groups (broad SMARTS) is 1. The third-order valence-corrected chi connectivity index (χ3v) is 5.68. The molecule has 11 nitrogen and oxygen atoms in total. The number of carboxylic acids is 1. The number of carbonyl (C=O) groups is 4. The van der Waals surface area contributed by atoms with Crippen molar-refractivity contribution >= 4 is 23.7 Å². The number of aliphatic carboxylic acids is 1. The number of likely N-dealkylation sites (tertiary alicyclic amines) is 1. The molecule has 0 saturated carbocycles. The molecule has 1 aliphatic rings. The van der Waals surface area contributed by atoms with E-state index in [1.807, 2.05) is 13.8 Å². The molecule has 32 heavy (non-hydrogen) atoms. The molecular weight excluding hydrogens is 416 g/mol. The standard InChI is InChI=1S/C21H34N6O5/c1-11(2)16(22)19(29)25-14(8-13-9-23-10-24-13)20(30)27-7-5-6-15(27)18(28)26-17(12(3)4)21(31)32/h9-12,14-17H,5-8,22H2,1-4H3,(H,23,24)(H,25,29)(H,26,28)(H,31,32). The number of nitrogens with two attached hydrogens (primary N) is 1. The van der Waals surface area contributed by atoms with Crippen molar-refractivity contribution in [2.75, 3.05) is 6.54 Å². The Kier molecular flexibility index (Phi) is 8.76. The lowest BCUT2D eigenvalue weighted by molar-refractivity contribution is -0.145. The van der Waals surface area contributed by atoms with Crippen LogP contribution in [0.3, 0.4) is 0 Å². The van der Waals surface area contributed by atoms with Gasteiger partial charge in [-0.1, -0.05) is 27.7 Å². The van der Waals surface area contributed by atoms with Crippen LogP contribution in [0.5, 0.6) is 0 Å². The highest BCUT2D eigenvalue weighted by Crippen LogP contribution is 2.20. The fourth-order valence-corrected chi connectivity index (χ4v) is 3.65. The number of hydrogen-bond donors (Lipinski definition) is 5. The number of carbonyl (C=O) groups excluding carboxylic acids is 3. The summed E-state index contributed by atoms with van der Waals surface area (Å²) in [6, 6.07) is -3.58. The molecule has 178 valence electrons. The third-order valence-electron chi connectivity index (χ3n) is 5.68. The van der Waals surface area contributed by atoms with Crippen LogP contribution in [0.25, 0.3) is 0 Å². The number of aromatic nitrogens is 2. The minimum absolute atomic E-state index is 0.118. The highest BCUT2D eigenvalue weighted by molar-refractivity contribution is 5.94. The molecule has 6 N–H and O–H groups in total. The van der Waals surface area contributed by atoms with E-state index in [0.29, 0.717) is 25.1 Å². The van der Waals surface area contributed by atoms with Gasteiger partial charge in [-0.2, -0.15) is 0 Å². The van der Waals surface area contributed by atoms with Crippen molar-refractivity contribution < 1.29 is 24.3 Å². The molecule has 0 aromatic carbocycles. The van der Waals surface area contributed by atoms with Crippen LogP contribution in [0.1, 0.15) is 46.2 Å². The van der Waals surface area contributed by atoms with Crippen LogP contribution in [0, 0.1) is 11.8 Å². The van der Waals surface area contributed by atoms with Crippen LogP contribution in [-0.2, 0) is 25.6 Å². The average molecular weight is 451 g/mol. The van der Waals surface area contributed by atoms with E-state index in [0.717, 1.165) is 0 Å². The quantitative estimate of drug-likeness (QED) is 0.324.